The normalized spacial score (nSPS) is 18.1. The molecule has 178 valence electrons. The van der Waals surface area contributed by atoms with Crippen molar-refractivity contribution < 1.29 is 19.1 Å². The zero-order valence-electron chi connectivity index (χ0n) is 19.6. The molecule has 0 spiro atoms. The van der Waals surface area contributed by atoms with Crippen LogP contribution in [-0.4, -0.2) is 29.7 Å². The van der Waals surface area contributed by atoms with Gasteiger partial charge in [0.05, 0.1) is 36.1 Å². The first-order valence-corrected chi connectivity index (χ1v) is 11.9. The summed E-state index contributed by atoms with van der Waals surface area (Å²) in [5, 5.41) is 2.82. The lowest BCUT2D eigenvalue weighted by atomic mass is 9.95. The summed E-state index contributed by atoms with van der Waals surface area (Å²) in [5.74, 6) is -0.230. The third kappa shape index (κ3) is 3.77. The number of para-hydroxylation sites is 1. The first kappa shape index (κ1) is 22.8. The first-order chi connectivity index (χ1) is 16.8. The van der Waals surface area contributed by atoms with Gasteiger partial charge in [0.2, 0.25) is 0 Å². The number of rotatable bonds is 4. The van der Waals surface area contributed by atoms with E-state index in [9.17, 15) is 14.4 Å². The number of allylic oxidation sites excluding steroid dienone is 1. The first-order valence-electron chi connectivity index (χ1n) is 11.1. The van der Waals surface area contributed by atoms with Gasteiger partial charge in [-0.2, -0.15) is 0 Å². The Balaban J connectivity index is 1.79. The van der Waals surface area contributed by atoms with Gasteiger partial charge in [-0.15, -0.1) is 0 Å². The number of carbonyl (C=O) groups is 2. The number of thiazole rings is 1. The van der Waals surface area contributed by atoms with Crippen LogP contribution in [0.1, 0.15) is 37.9 Å². The molecule has 0 radical (unpaired) electrons. The van der Waals surface area contributed by atoms with Gasteiger partial charge in [-0.1, -0.05) is 41.7 Å². The predicted octanol–water partition coefficient (Wildman–Crippen LogP) is 2.52. The van der Waals surface area contributed by atoms with Gasteiger partial charge in [0.25, 0.3) is 11.5 Å². The molecule has 0 saturated carbocycles. The van der Waals surface area contributed by atoms with Crippen LogP contribution in [0.5, 0.6) is 5.75 Å². The van der Waals surface area contributed by atoms with Gasteiger partial charge in [-0.25, -0.2) is 9.79 Å². The molecule has 8 nitrogen and oxygen atoms in total. The van der Waals surface area contributed by atoms with Crippen molar-refractivity contribution in [2.45, 2.75) is 32.9 Å². The largest absolute Gasteiger partial charge is 0.497 e. The molecule has 2 aliphatic heterocycles. The Hall–Kier alpha value is -3.98. The lowest BCUT2D eigenvalue weighted by molar-refractivity contribution is -0.143. The van der Waals surface area contributed by atoms with Crippen LogP contribution in [0.4, 0.5) is 5.69 Å². The van der Waals surface area contributed by atoms with E-state index >= 15 is 0 Å². The van der Waals surface area contributed by atoms with Crippen molar-refractivity contribution >= 4 is 34.5 Å². The van der Waals surface area contributed by atoms with E-state index in [4.69, 9.17) is 9.47 Å². The number of ether oxygens (including phenoxy) is 2. The highest BCUT2D eigenvalue weighted by atomic mass is 32.1. The zero-order valence-corrected chi connectivity index (χ0v) is 20.4. The van der Waals surface area contributed by atoms with Crippen LogP contribution in [0.15, 0.2) is 69.6 Å². The van der Waals surface area contributed by atoms with E-state index in [-0.39, 0.29) is 22.1 Å². The van der Waals surface area contributed by atoms with Crippen molar-refractivity contribution in [3.05, 3.63) is 90.6 Å². The fourth-order valence-electron chi connectivity index (χ4n) is 4.35. The van der Waals surface area contributed by atoms with Gasteiger partial charge in [-0.05, 0) is 44.5 Å². The molecule has 0 fully saturated rings. The Labute approximate surface area is 204 Å². The van der Waals surface area contributed by atoms with E-state index in [0.29, 0.717) is 38.6 Å². The minimum Gasteiger partial charge on any atom is -0.497 e. The van der Waals surface area contributed by atoms with Crippen molar-refractivity contribution in [2.24, 2.45) is 4.99 Å². The van der Waals surface area contributed by atoms with Gasteiger partial charge in [-0.3, -0.25) is 14.2 Å². The minimum absolute atomic E-state index is 0.274. The average molecular weight is 490 g/mol. The van der Waals surface area contributed by atoms with Gasteiger partial charge >= 0.3 is 5.97 Å². The van der Waals surface area contributed by atoms with E-state index in [2.05, 4.69) is 10.3 Å². The molecule has 1 aromatic heterocycles. The number of nitrogens with zero attached hydrogens (tertiary/aromatic N) is 2. The number of esters is 1. The summed E-state index contributed by atoms with van der Waals surface area (Å²) in [5.41, 5.74) is 2.68. The lowest BCUT2D eigenvalue weighted by Gasteiger charge is -2.25. The number of fused-ring (bicyclic) bond motifs is 2. The van der Waals surface area contributed by atoms with E-state index in [0.717, 1.165) is 11.3 Å². The molecule has 1 N–H and O–H groups in total. The van der Waals surface area contributed by atoms with Crippen molar-refractivity contribution in [3.63, 3.8) is 0 Å². The molecule has 2 aromatic carbocycles. The summed E-state index contributed by atoms with van der Waals surface area (Å²) in [4.78, 5) is 44.9. The van der Waals surface area contributed by atoms with Gasteiger partial charge < -0.3 is 14.8 Å². The van der Waals surface area contributed by atoms with E-state index < -0.39 is 17.6 Å². The van der Waals surface area contributed by atoms with Crippen LogP contribution < -0.4 is 24.9 Å². The SMILES string of the molecule is COc1ccc(C2C(C(=O)OC(C)C)=C(C)N=c3s/c(=C4\C(=O)Nc5ccccc54)c(=O)n32)cc1. The standard InChI is InChI=1S/C26H23N3O5S/c1-13(2)34-25(32)19-14(3)27-26-29(21(19)15-9-11-16(33-4)12-10-15)24(31)22(35-26)20-17-7-5-6-8-18(17)28-23(20)30/h5-13,21H,1-4H3,(H,28,30)/b22-20-. The number of hydrogen-bond acceptors (Lipinski definition) is 7. The van der Waals surface area contributed by atoms with E-state index in [1.165, 1.54) is 4.57 Å². The van der Waals surface area contributed by atoms with Crippen LogP contribution in [0, 0.1) is 0 Å². The molecule has 35 heavy (non-hydrogen) atoms. The number of hydrogen-bond donors (Lipinski definition) is 1. The Morgan fingerprint density at radius 3 is 2.51 bits per heavy atom. The second-order valence-corrected chi connectivity index (χ2v) is 9.48. The molecule has 3 heterocycles. The van der Waals surface area contributed by atoms with Crippen LogP contribution in [0.25, 0.3) is 5.57 Å². The van der Waals surface area contributed by atoms with Gasteiger partial charge in [0.1, 0.15) is 10.3 Å². The zero-order chi connectivity index (χ0) is 24.9. The topological polar surface area (TPSA) is 99.0 Å². The molecular formula is C26H23N3O5S. The van der Waals surface area contributed by atoms with Crippen molar-refractivity contribution in [3.8, 4) is 5.75 Å². The highest BCUT2D eigenvalue weighted by molar-refractivity contribution is 7.07. The number of nitrogens with one attached hydrogen (secondary N) is 1. The Morgan fingerprint density at radius 2 is 1.83 bits per heavy atom. The summed E-state index contributed by atoms with van der Waals surface area (Å²) < 4.78 is 12.6. The molecule has 1 atom stereocenters. The molecule has 2 aliphatic rings. The molecule has 5 rings (SSSR count). The maximum Gasteiger partial charge on any atom is 0.338 e. The number of amides is 1. The van der Waals surface area contributed by atoms with Gasteiger partial charge in [0, 0.05) is 11.3 Å². The van der Waals surface area contributed by atoms with Crippen molar-refractivity contribution in [1.82, 2.24) is 4.57 Å². The number of anilines is 1. The van der Waals surface area contributed by atoms with Crippen molar-refractivity contribution in [1.29, 1.82) is 0 Å². The van der Waals surface area contributed by atoms with E-state index in [1.807, 2.05) is 24.3 Å². The summed E-state index contributed by atoms with van der Waals surface area (Å²) in [6, 6.07) is 13.6. The number of methoxy groups -OCH3 is 1. The third-order valence-corrected chi connectivity index (χ3v) is 6.94. The van der Waals surface area contributed by atoms with Crippen LogP contribution in [0.3, 0.4) is 0 Å². The Bertz CT molecular complexity index is 1580. The summed E-state index contributed by atoms with van der Waals surface area (Å²) >= 11 is 1.14. The highest BCUT2D eigenvalue weighted by Gasteiger charge is 2.35. The Kier molecular flexibility index (Phi) is 5.64. The molecule has 0 bridgehead atoms. The summed E-state index contributed by atoms with van der Waals surface area (Å²) in [6.45, 7) is 5.26. The summed E-state index contributed by atoms with van der Waals surface area (Å²) in [7, 11) is 1.57. The quantitative estimate of drug-likeness (QED) is 0.568. The highest BCUT2D eigenvalue weighted by Crippen LogP contribution is 2.33. The van der Waals surface area contributed by atoms with E-state index in [1.54, 1.807) is 52.1 Å². The minimum atomic E-state index is -0.766. The number of carbonyl (C=O) groups excluding carboxylic acids is 2. The molecule has 0 saturated heterocycles. The molecule has 0 aliphatic carbocycles. The maximum atomic E-state index is 13.9. The number of benzene rings is 2. The smallest absolute Gasteiger partial charge is 0.338 e. The molecular weight excluding hydrogens is 466 g/mol. The maximum absolute atomic E-state index is 13.9. The molecule has 3 aromatic rings. The summed E-state index contributed by atoms with van der Waals surface area (Å²) in [6.07, 6.45) is -0.343. The molecule has 1 amide bonds. The predicted molar refractivity (Wildman–Crippen MR) is 132 cm³/mol. The monoisotopic (exact) mass is 489 g/mol. The second-order valence-electron chi connectivity index (χ2n) is 8.50. The van der Waals surface area contributed by atoms with Gasteiger partial charge in [0.15, 0.2) is 4.80 Å². The van der Waals surface area contributed by atoms with Crippen LogP contribution in [-0.2, 0) is 14.3 Å². The molecule has 1 unspecified atom stereocenters. The van der Waals surface area contributed by atoms with Crippen LogP contribution in [0.2, 0.25) is 0 Å². The third-order valence-electron chi connectivity index (χ3n) is 5.89. The lowest BCUT2D eigenvalue weighted by Crippen LogP contribution is -2.40. The number of aromatic nitrogens is 1. The molecule has 9 heteroatoms. The fourth-order valence-corrected chi connectivity index (χ4v) is 5.50. The Morgan fingerprint density at radius 1 is 1.11 bits per heavy atom. The second kappa shape index (κ2) is 8.66. The van der Waals surface area contributed by atoms with Crippen molar-refractivity contribution in [2.75, 3.05) is 12.4 Å². The van der Waals surface area contributed by atoms with Crippen LogP contribution >= 0.6 is 11.3 Å². The fraction of sp³-hybridized carbons (Fsp3) is 0.231. The average Bonchev–Trinajstić information content (AvgIpc) is 3.32.